The molecule has 1 aliphatic rings. The van der Waals surface area contributed by atoms with E-state index in [-0.39, 0.29) is 36.6 Å². The lowest BCUT2D eigenvalue weighted by atomic mass is 9.93. The average molecular weight is 464 g/mol. The maximum atomic E-state index is 14.5. The van der Waals surface area contributed by atoms with Crippen molar-refractivity contribution in [3.05, 3.63) is 88.8 Å². The van der Waals surface area contributed by atoms with Crippen LogP contribution in [0.2, 0.25) is 0 Å². The number of aromatic nitrogens is 2. The van der Waals surface area contributed by atoms with E-state index in [0.29, 0.717) is 0 Å². The minimum Gasteiger partial charge on any atom is -0.464 e. The molecule has 9 heteroatoms. The largest absolute Gasteiger partial charge is 0.464 e. The van der Waals surface area contributed by atoms with Crippen LogP contribution in [0, 0.1) is 12.7 Å². The molecule has 0 unspecified atom stereocenters. The Kier molecular flexibility index (Phi) is 6.19. The first kappa shape index (κ1) is 23.2. The summed E-state index contributed by atoms with van der Waals surface area (Å²) in [7, 11) is 1.20. The lowest BCUT2D eigenvalue weighted by Gasteiger charge is -2.43. The van der Waals surface area contributed by atoms with Gasteiger partial charge in [0.15, 0.2) is 5.69 Å². The minimum absolute atomic E-state index is 0.00648. The van der Waals surface area contributed by atoms with Gasteiger partial charge in [0.25, 0.3) is 5.91 Å². The van der Waals surface area contributed by atoms with Crippen LogP contribution >= 0.6 is 0 Å². The summed E-state index contributed by atoms with van der Waals surface area (Å²) in [4.78, 5) is 44.6. The van der Waals surface area contributed by atoms with E-state index >= 15 is 0 Å². The smallest absolute Gasteiger partial charge is 0.359 e. The van der Waals surface area contributed by atoms with Gasteiger partial charge in [-0.05, 0) is 25.5 Å². The monoisotopic (exact) mass is 464 g/mol. The number of rotatable bonds is 6. The van der Waals surface area contributed by atoms with Gasteiger partial charge in [0, 0.05) is 12.1 Å². The Morgan fingerprint density at radius 1 is 1.18 bits per heavy atom. The van der Waals surface area contributed by atoms with Gasteiger partial charge in [0.05, 0.1) is 26.5 Å². The van der Waals surface area contributed by atoms with Crippen molar-refractivity contribution in [1.29, 1.82) is 0 Å². The second-order valence-electron chi connectivity index (χ2n) is 8.49. The highest BCUT2D eigenvalue weighted by Gasteiger charge is 2.49. The van der Waals surface area contributed by atoms with Crippen LogP contribution in [0.5, 0.6) is 0 Å². The van der Waals surface area contributed by atoms with Crippen LogP contribution in [0.1, 0.15) is 44.6 Å². The highest BCUT2D eigenvalue weighted by molar-refractivity contribution is 6.06. The van der Waals surface area contributed by atoms with Crippen molar-refractivity contribution in [2.75, 3.05) is 7.11 Å². The van der Waals surface area contributed by atoms with Gasteiger partial charge >= 0.3 is 5.97 Å². The van der Waals surface area contributed by atoms with Gasteiger partial charge in [-0.1, -0.05) is 48.0 Å². The second kappa shape index (κ2) is 9.09. The molecule has 3 aromatic rings. The summed E-state index contributed by atoms with van der Waals surface area (Å²) >= 11 is 0. The van der Waals surface area contributed by atoms with Crippen LogP contribution in [-0.2, 0) is 29.2 Å². The zero-order valence-electron chi connectivity index (χ0n) is 19.2. The maximum Gasteiger partial charge on any atom is 0.359 e. The van der Waals surface area contributed by atoms with Crippen molar-refractivity contribution in [3.63, 3.8) is 0 Å². The molecular weight excluding hydrogens is 439 g/mol. The summed E-state index contributed by atoms with van der Waals surface area (Å²) in [6, 6.07) is 13.8. The van der Waals surface area contributed by atoms with Crippen molar-refractivity contribution >= 4 is 17.8 Å². The lowest BCUT2D eigenvalue weighted by Crippen LogP contribution is -2.63. The number of fused-ring (bicyclic) bond motifs is 1. The molecule has 0 spiro atoms. The number of aryl methyl sites for hydroxylation is 1. The summed E-state index contributed by atoms with van der Waals surface area (Å²) in [6.45, 7) is 3.73. The highest BCUT2D eigenvalue weighted by atomic mass is 19.1. The van der Waals surface area contributed by atoms with Crippen molar-refractivity contribution in [2.45, 2.75) is 39.0 Å². The van der Waals surface area contributed by atoms with Crippen LogP contribution in [0.3, 0.4) is 0 Å². The molecule has 2 amide bonds. The van der Waals surface area contributed by atoms with E-state index in [9.17, 15) is 18.8 Å². The number of nitrogens with zero attached hydrogens (tertiary/aromatic N) is 3. The van der Waals surface area contributed by atoms with E-state index in [2.05, 4.69) is 10.3 Å². The zero-order chi connectivity index (χ0) is 24.5. The first-order valence-corrected chi connectivity index (χ1v) is 10.8. The third-order valence-electron chi connectivity index (χ3n) is 6.09. The maximum absolute atomic E-state index is 14.5. The number of carbonyl (C=O) groups is 3. The minimum atomic E-state index is -1.37. The first-order chi connectivity index (χ1) is 16.2. The number of hydrogen-bond acceptors (Lipinski definition) is 5. The van der Waals surface area contributed by atoms with Crippen molar-refractivity contribution in [3.8, 4) is 0 Å². The molecule has 4 rings (SSSR count). The molecule has 1 atom stereocenters. The van der Waals surface area contributed by atoms with E-state index in [0.717, 1.165) is 11.1 Å². The summed E-state index contributed by atoms with van der Waals surface area (Å²) in [6.07, 6.45) is 1.34. The first-order valence-electron chi connectivity index (χ1n) is 10.8. The SMILES string of the molecule is COC(=O)c1ncn2c1C(=O)N(Cc1ccccc1F)[C@@](C)(C(=O)NCc1ccc(C)cc1)C2. The van der Waals surface area contributed by atoms with E-state index in [1.165, 1.54) is 29.0 Å². The van der Waals surface area contributed by atoms with Crippen molar-refractivity contribution in [1.82, 2.24) is 19.8 Å². The fraction of sp³-hybridized carbons (Fsp3) is 0.280. The topological polar surface area (TPSA) is 93.5 Å². The van der Waals surface area contributed by atoms with Gasteiger partial charge < -0.3 is 19.5 Å². The fourth-order valence-electron chi connectivity index (χ4n) is 4.06. The molecule has 0 bridgehead atoms. The number of benzene rings is 2. The number of hydrogen-bond donors (Lipinski definition) is 1. The molecule has 34 heavy (non-hydrogen) atoms. The van der Waals surface area contributed by atoms with Gasteiger partial charge in [0.1, 0.15) is 17.1 Å². The third kappa shape index (κ3) is 4.16. The Bertz CT molecular complexity index is 1250. The zero-order valence-corrected chi connectivity index (χ0v) is 19.2. The van der Waals surface area contributed by atoms with E-state index < -0.39 is 29.1 Å². The molecule has 0 fully saturated rings. The van der Waals surface area contributed by atoms with E-state index in [4.69, 9.17) is 4.74 Å². The van der Waals surface area contributed by atoms with Gasteiger partial charge in [-0.15, -0.1) is 0 Å². The molecule has 2 heterocycles. The molecule has 0 aliphatic carbocycles. The molecule has 0 saturated heterocycles. The van der Waals surface area contributed by atoms with Crippen LogP contribution in [0.15, 0.2) is 54.9 Å². The standard InChI is InChI=1S/C25H25FN4O4/c1-16-8-10-17(11-9-16)12-27-24(33)25(2)14-29-15-28-20(23(32)34-3)21(29)22(31)30(25)13-18-6-4-5-7-19(18)26/h4-11,15H,12-14H2,1-3H3,(H,27,33)/t25-/m1/s1. The number of imidazole rings is 1. The van der Waals surface area contributed by atoms with Crippen LogP contribution in [0.25, 0.3) is 0 Å². The Labute approximate surface area is 196 Å². The van der Waals surface area contributed by atoms with Crippen molar-refractivity contribution < 1.29 is 23.5 Å². The Hall–Kier alpha value is -4.01. The molecule has 0 radical (unpaired) electrons. The molecular formula is C25H25FN4O4. The third-order valence-corrected chi connectivity index (χ3v) is 6.09. The van der Waals surface area contributed by atoms with Gasteiger partial charge in [-0.2, -0.15) is 0 Å². The number of carbonyl (C=O) groups excluding carboxylic acids is 3. The number of nitrogens with one attached hydrogen (secondary N) is 1. The molecule has 1 N–H and O–H groups in total. The highest BCUT2D eigenvalue weighted by Crippen LogP contribution is 2.31. The quantitative estimate of drug-likeness (QED) is 0.567. The normalized spacial score (nSPS) is 17.3. The molecule has 1 aliphatic heterocycles. The van der Waals surface area contributed by atoms with Crippen LogP contribution in [-0.4, -0.2) is 44.9 Å². The van der Waals surface area contributed by atoms with E-state index in [1.54, 1.807) is 25.1 Å². The molecule has 2 aromatic carbocycles. The second-order valence-corrected chi connectivity index (χ2v) is 8.49. The predicted octanol–water partition coefficient (Wildman–Crippen LogP) is 2.85. The number of halogens is 1. The summed E-state index contributed by atoms with van der Waals surface area (Å²) in [5.74, 6) is -2.28. The molecule has 8 nitrogen and oxygen atoms in total. The average Bonchev–Trinajstić information content (AvgIpc) is 3.25. The summed E-state index contributed by atoms with van der Waals surface area (Å²) in [5.41, 5.74) is 0.748. The van der Waals surface area contributed by atoms with Gasteiger partial charge in [-0.25, -0.2) is 14.2 Å². The summed E-state index contributed by atoms with van der Waals surface area (Å²) in [5, 5.41) is 2.90. The van der Waals surface area contributed by atoms with E-state index in [1.807, 2.05) is 31.2 Å². The Balaban J connectivity index is 1.70. The lowest BCUT2D eigenvalue weighted by molar-refractivity contribution is -0.133. The summed E-state index contributed by atoms with van der Waals surface area (Å²) < 4.78 is 20.7. The Morgan fingerprint density at radius 2 is 1.88 bits per heavy atom. The van der Waals surface area contributed by atoms with Crippen molar-refractivity contribution in [2.24, 2.45) is 0 Å². The molecule has 1 aromatic heterocycles. The number of methoxy groups -OCH3 is 1. The number of esters is 1. The van der Waals surface area contributed by atoms with Crippen LogP contribution in [0.4, 0.5) is 4.39 Å². The van der Waals surface area contributed by atoms with Gasteiger partial charge in [0.2, 0.25) is 5.91 Å². The van der Waals surface area contributed by atoms with Crippen LogP contribution < -0.4 is 5.32 Å². The molecule has 176 valence electrons. The molecule has 0 saturated carbocycles. The van der Waals surface area contributed by atoms with Gasteiger partial charge in [-0.3, -0.25) is 9.59 Å². The predicted molar refractivity (Wildman–Crippen MR) is 121 cm³/mol. The fourth-order valence-corrected chi connectivity index (χ4v) is 4.06. The number of amides is 2. The Morgan fingerprint density at radius 3 is 2.56 bits per heavy atom. The number of ether oxygens (including phenoxy) is 1.